The van der Waals surface area contributed by atoms with Crippen molar-refractivity contribution in [3.63, 3.8) is 0 Å². The second kappa shape index (κ2) is 6.58. The van der Waals surface area contributed by atoms with Gasteiger partial charge in [-0.1, -0.05) is 55.0 Å². The lowest BCUT2D eigenvalue weighted by molar-refractivity contribution is 0.0985. The second-order valence-electron chi connectivity index (χ2n) is 4.55. The van der Waals surface area contributed by atoms with Crippen LogP contribution in [0.25, 0.3) is 0 Å². The van der Waals surface area contributed by atoms with E-state index < -0.39 is 0 Å². The standard InChI is InChI=1S/C17H18OS/c1-3-16(18)15-9-4-5-10-17(15)19-12-14-8-6-7-13(2)11-14/h4-11H,3,12H2,1-2H3. The summed E-state index contributed by atoms with van der Waals surface area (Å²) >= 11 is 1.73. The molecule has 98 valence electrons. The summed E-state index contributed by atoms with van der Waals surface area (Å²) in [6.45, 7) is 4.01. The molecule has 2 aromatic carbocycles. The minimum Gasteiger partial charge on any atom is -0.294 e. The summed E-state index contributed by atoms with van der Waals surface area (Å²) in [6.07, 6.45) is 0.558. The Morgan fingerprint density at radius 1 is 1.11 bits per heavy atom. The van der Waals surface area contributed by atoms with Gasteiger partial charge in [0.05, 0.1) is 0 Å². The number of thioether (sulfide) groups is 1. The molecular weight excluding hydrogens is 252 g/mol. The van der Waals surface area contributed by atoms with Crippen LogP contribution in [0.1, 0.15) is 34.8 Å². The van der Waals surface area contributed by atoms with E-state index in [9.17, 15) is 4.79 Å². The Morgan fingerprint density at radius 2 is 1.89 bits per heavy atom. The van der Waals surface area contributed by atoms with Gasteiger partial charge in [-0.15, -0.1) is 11.8 Å². The van der Waals surface area contributed by atoms with Crippen LogP contribution >= 0.6 is 11.8 Å². The minimum atomic E-state index is 0.215. The van der Waals surface area contributed by atoms with Crippen LogP contribution in [0.4, 0.5) is 0 Å². The molecule has 0 amide bonds. The molecule has 0 spiro atoms. The third-order valence-corrected chi connectivity index (χ3v) is 4.13. The maximum atomic E-state index is 11.9. The molecule has 2 heteroatoms. The lowest BCUT2D eigenvalue weighted by atomic mass is 10.1. The first kappa shape index (κ1) is 13.9. The summed E-state index contributed by atoms with van der Waals surface area (Å²) in [5.41, 5.74) is 3.42. The van der Waals surface area contributed by atoms with Crippen molar-refractivity contribution in [1.29, 1.82) is 0 Å². The van der Waals surface area contributed by atoms with Crippen molar-refractivity contribution in [2.75, 3.05) is 0 Å². The zero-order valence-electron chi connectivity index (χ0n) is 11.3. The lowest BCUT2D eigenvalue weighted by Crippen LogP contribution is -1.98. The topological polar surface area (TPSA) is 17.1 Å². The van der Waals surface area contributed by atoms with Gasteiger partial charge >= 0.3 is 0 Å². The Hall–Kier alpha value is -1.54. The SMILES string of the molecule is CCC(=O)c1ccccc1SCc1cccc(C)c1. The van der Waals surface area contributed by atoms with E-state index in [2.05, 4.69) is 31.2 Å². The molecule has 0 radical (unpaired) electrons. The number of ketones is 1. The van der Waals surface area contributed by atoms with Crippen LogP contribution in [0.5, 0.6) is 0 Å². The van der Waals surface area contributed by atoms with Crippen LogP contribution in [-0.4, -0.2) is 5.78 Å². The van der Waals surface area contributed by atoms with E-state index in [0.29, 0.717) is 6.42 Å². The van der Waals surface area contributed by atoms with Gasteiger partial charge < -0.3 is 0 Å². The van der Waals surface area contributed by atoms with Crippen LogP contribution in [0.3, 0.4) is 0 Å². The van der Waals surface area contributed by atoms with E-state index in [4.69, 9.17) is 0 Å². The van der Waals surface area contributed by atoms with Crippen molar-refractivity contribution in [3.05, 3.63) is 65.2 Å². The van der Waals surface area contributed by atoms with E-state index >= 15 is 0 Å². The first-order chi connectivity index (χ1) is 9.20. The Labute approximate surface area is 119 Å². The van der Waals surface area contributed by atoms with Crippen LogP contribution in [-0.2, 0) is 5.75 Å². The van der Waals surface area contributed by atoms with E-state index in [-0.39, 0.29) is 5.78 Å². The Balaban J connectivity index is 2.13. The van der Waals surface area contributed by atoms with Gasteiger partial charge in [0.25, 0.3) is 0 Å². The molecule has 0 aliphatic heterocycles. The Morgan fingerprint density at radius 3 is 2.63 bits per heavy atom. The fraction of sp³-hybridized carbons (Fsp3) is 0.235. The van der Waals surface area contributed by atoms with E-state index in [1.54, 1.807) is 11.8 Å². The fourth-order valence-electron chi connectivity index (χ4n) is 1.98. The zero-order chi connectivity index (χ0) is 13.7. The zero-order valence-corrected chi connectivity index (χ0v) is 12.2. The maximum Gasteiger partial charge on any atom is 0.163 e. The maximum absolute atomic E-state index is 11.9. The summed E-state index contributed by atoms with van der Waals surface area (Å²) in [5, 5.41) is 0. The molecule has 2 aromatic rings. The predicted molar refractivity (Wildman–Crippen MR) is 81.8 cm³/mol. The van der Waals surface area contributed by atoms with Crippen molar-refractivity contribution in [2.24, 2.45) is 0 Å². The summed E-state index contributed by atoms with van der Waals surface area (Å²) in [7, 11) is 0. The monoisotopic (exact) mass is 270 g/mol. The molecule has 1 nitrogen and oxygen atoms in total. The van der Waals surface area contributed by atoms with Gasteiger partial charge in [-0.3, -0.25) is 4.79 Å². The Bertz CT molecular complexity index is 575. The first-order valence-electron chi connectivity index (χ1n) is 6.51. The van der Waals surface area contributed by atoms with Gasteiger partial charge in [-0.05, 0) is 18.6 Å². The van der Waals surface area contributed by atoms with E-state index in [1.165, 1.54) is 11.1 Å². The second-order valence-corrected chi connectivity index (χ2v) is 5.57. The summed E-state index contributed by atoms with van der Waals surface area (Å²) < 4.78 is 0. The van der Waals surface area contributed by atoms with Gasteiger partial charge in [0.15, 0.2) is 5.78 Å². The largest absolute Gasteiger partial charge is 0.294 e. The fourth-order valence-corrected chi connectivity index (χ4v) is 2.99. The summed E-state index contributed by atoms with van der Waals surface area (Å²) in [6, 6.07) is 16.4. The Kier molecular flexibility index (Phi) is 4.80. The normalized spacial score (nSPS) is 10.4. The van der Waals surface area contributed by atoms with Gasteiger partial charge in [0.2, 0.25) is 0 Å². The first-order valence-corrected chi connectivity index (χ1v) is 7.50. The number of carbonyl (C=O) groups excluding carboxylic acids is 1. The lowest BCUT2D eigenvalue weighted by Gasteiger charge is -2.08. The van der Waals surface area contributed by atoms with Gasteiger partial charge in [-0.25, -0.2) is 0 Å². The third-order valence-electron chi connectivity index (χ3n) is 2.99. The molecule has 0 saturated carbocycles. The molecule has 0 heterocycles. The number of aryl methyl sites for hydroxylation is 1. The highest BCUT2D eigenvalue weighted by atomic mass is 32.2. The third kappa shape index (κ3) is 3.71. The van der Waals surface area contributed by atoms with Crippen LogP contribution in [0, 0.1) is 6.92 Å². The molecule has 0 bridgehead atoms. The molecule has 0 fully saturated rings. The molecule has 0 aliphatic carbocycles. The number of benzene rings is 2. The van der Waals surface area contributed by atoms with E-state index in [0.717, 1.165) is 16.2 Å². The van der Waals surface area contributed by atoms with Crippen molar-refractivity contribution >= 4 is 17.5 Å². The van der Waals surface area contributed by atoms with Crippen LogP contribution in [0.15, 0.2) is 53.4 Å². The van der Waals surface area contributed by atoms with Gasteiger partial charge in [0.1, 0.15) is 0 Å². The van der Waals surface area contributed by atoms with Crippen LogP contribution in [0.2, 0.25) is 0 Å². The quantitative estimate of drug-likeness (QED) is 0.569. The molecule has 19 heavy (non-hydrogen) atoms. The van der Waals surface area contributed by atoms with Crippen molar-refractivity contribution in [1.82, 2.24) is 0 Å². The number of Topliss-reactive ketones (excluding diaryl/α,β-unsaturated/α-hetero) is 1. The number of hydrogen-bond acceptors (Lipinski definition) is 2. The van der Waals surface area contributed by atoms with Crippen molar-refractivity contribution in [2.45, 2.75) is 30.9 Å². The highest BCUT2D eigenvalue weighted by Gasteiger charge is 2.09. The summed E-state index contributed by atoms with van der Waals surface area (Å²) in [4.78, 5) is 13.0. The molecule has 0 aliphatic rings. The van der Waals surface area contributed by atoms with Crippen molar-refractivity contribution < 1.29 is 4.79 Å². The predicted octanol–water partition coefficient (Wildman–Crippen LogP) is 4.88. The minimum absolute atomic E-state index is 0.215. The number of rotatable bonds is 5. The van der Waals surface area contributed by atoms with Gasteiger partial charge in [-0.2, -0.15) is 0 Å². The molecule has 0 N–H and O–H groups in total. The molecule has 0 atom stereocenters. The number of hydrogen-bond donors (Lipinski definition) is 0. The molecule has 0 saturated heterocycles. The molecule has 0 unspecified atom stereocenters. The molecule has 0 aromatic heterocycles. The highest BCUT2D eigenvalue weighted by Crippen LogP contribution is 2.27. The van der Waals surface area contributed by atoms with Crippen molar-refractivity contribution in [3.8, 4) is 0 Å². The average molecular weight is 270 g/mol. The average Bonchev–Trinajstić information content (AvgIpc) is 2.45. The van der Waals surface area contributed by atoms with Gasteiger partial charge in [0, 0.05) is 22.6 Å². The van der Waals surface area contributed by atoms with E-state index in [1.807, 2.05) is 31.2 Å². The number of carbonyl (C=O) groups is 1. The smallest absolute Gasteiger partial charge is 0.163 e. The highest BCUT2D eigenvalue weighted by molar-refractivity contribution is 7.98. The molecular formula is C17H18OS. The summed E-state index contributed by atoms with van der Waals surface area (Å²) in [5.74, 6) is 1.11. The van der Waals surface area contributed by atoms with Crippen LogP contribution < -0.4 is 0 Å². The molecule has 2 rings (SSSR count).